The summed E-state index contributed by atoms with van der Waals surface area (Å²) in [5, 5.41) is 0.520. The lowest BCUT2D eigenvalue weighted by Gasteiger charge is -2.18. The van der Waals surface area contributed by atoms with Crippen molar-refractivity contribution in [2.24, 2.45) is 0 Å². The van der Waals surface area contributed by atoms with E-state index in [2.05, 4.69) is 9.97 Å². The highest BCUT2D eigenvalue weighted by Crippen LogP contribution is 2.25. The van der Waals surface area contributed by atoms with E-state index in [-0.39, 0.29) is 5.91 Å². The Bertz CT molecular complexity index is 783. The minimum atomic E-state index is -0.228. The van der Waals surface area contributed by atoms with Crippen molar-refractivity contribution in [3.63, 3.8) is 0 Å². The van der Waals surface area contributed by atoms with Crippen LogP contribution in [0, 0.1) is 0 Å². The number of para-hydroxylation sites is 1. The third-order valence-corrected chi connectivity index (χ3v) is 3.34. The molecule has 0 unspecified atom stereocenters. The standard InChI is InChI=1S/C14H11ClN4O/c1-18(12-5-3-2-4-10(12)15)14(20)11-9-19-7-6-16-13(19)8-17-11/h2-9H,1H3. The second-order valence-corrected chi connectivity index (χ2v) is 4.69. The summed E-state index contributed by atoms with van der Waals surface area (Å²) in [4.78, 5) is 22.1. The molecule has 0 atom stereocenters. The van der Waals surface area contributed by atoms with Crippen LogP contribution in [-0.2, 0) is 0 Å². The minimum Gasteiger partial charge on any atom is -0.309 e. The van der Waals surface area contributed by atoms with Gasteiger partial charge in [0.2, 0.25) is 0 Å². The van der Waals surface area contributed by atoms with E-state index in [9.17, 15) is 4.79 Å². The van der Waals surface area contributed by atoms with Crippen LogP contribution in [-0.4, -0.2) is 27.3 Å². The topological polar surface area (TPSA) is 50.5 Å². The summed E-state index contributed by atoms with van der Waals surface area (Å²) in [6.07, 6.45) is 6.64. The van der Waals surface area contributed by atoms with Crippen LogP contribution in [0.4, 0.5) is 5.69 Å². The van der Waals surface area contributed by atoms with Gasteiger partial charge in [-0.2, -0.15) is 0 Å². The summed E-state index contributed by atoms with van der Waals surface area (Å²) in [6.45, 7) is 0. The number of imidazole rings is 1. The monoisotopic (exact) mass is 286 g/mol. The summed E-state index contributed by atoms with van der Waals surface area (Å²) in [5.41, 5.74) is 1.67. The molecule has 5 nitrogen and oxygen atoms in total. The number of hydrogen-bond donors (Lipinski definition) is 0. The van der Waals surface area contributed by atoms with Crippen molar-refractivity contribution >= 4 is 28.8 Å². The predicted molar refractivity (Wildman–Crippen MR) is 77.2 cm³/mol. The summed E-state index contributed by atoms with van der Waals surface area (Å²) < 4.78 is 1.75. The number of nitrogens with zero attached hydrogens (tertiary/aromatic N) is 4. The molecule has 1 amide bonds. The lowest BCUT2D eigenvalue weighted by atomic mass is 10.2. The van der Waals surface area contributed by atoms with Gasteiger partial charge in [0.15, 0.2) is 5.65 Å². The third-order valence-electron chi connectivity index (χ3n) is 3.02. The van der Waals surface area contributed by atoms with E-state index in [1.54, 1.807) is 48.4 Å². The second-order valence-electron chi connectivity index (χ2n) is 4.28. The molecule has 1 aromatic carbocycles. The van der Waals surface area contributed by atoms with Gasteiger partial charge in [-0.1, -0.05) is 23.7 Å². The average Bonchev–Trinajstić information content (AvgIpc) is 2.93. The molecule has 0 radical (unpaired) electrons. The van der Waals surface area contributed by atoms with Crippen LogP contribution in [0.15, 0.2) is 49.1 Å². The maximum Gasteiger partial charge on any atom is 0.278 e. The summed E-state index contributed by atoms with van der Waals surface area (Å²) in [7, 11) is 1.67. The van der Waals surface area contributed by atoms with Gasteiger partial charge in [0, 0.05) is 25.6 Å². The predicted octanol–water partition coefficient (Wildman–Crippen LogP) is 2.66. The number of carbonyl (C=O) groups is 1. The normalized spacial score (nSPS) is 10.7. The van der Waals surface area contributed by atoms with Gasteiger partial charge in [-0.15, -0.1) is 0 Å². The molecule has 3 rings (SSSR count). The van der Waals surface area contributed by atoms with Gasteiger partial charge in [0.25, 0.3) is 5.91 Å². The van der Waals surface area contributed by atoms with E-state index < -0.39 is 0 Å². The Morgan fingerprint density at radius 3 is 2.90 bits per heavy atom. The SMILES string of the molecule is CN(C(=O)c1cn2ccnc2cn1)c1ccccc1Cl. The number of hydrogen-bond acceptors (Lipinski definition) is 3. The van der Waals surface area contributed by atoms with E-state index in [1.165, 1.54) is 4.90 Å². The summed E-state index contributed by atoms with van der Waals surface area (Å²) in [5.74, 6) is -0.228. The van der Waals surface area contributed by atoms with Crippen LogP contribution in [0.1, 0.15) is 10.5 Å². The number of anilines is 1. The molecule has 0 aliphatic heterocycles. The number of amides is 1. The van der Waals surface area contributed by atoms with Crippen LogP contribution >= 0.6 is 11.6 Å². The second kappa shape index (κ2) is 4.94. The molecule has 0 bridgehead atoms. The minimum absolute atomic E-state index is 0.228. The van der Waals surface area contributed by atoms with Crippen molar-refractivity contribution in [2.45, 2.75) is 0 Å². The smallest absolute Gasteiger partial charge is 0.278 e. The summed E-state index contributed by atoms with van der Waals surface area (Å²) in [6, 6.07) is 7.18. The van der Waals surface area contributed by atoms with E-state index in [0.717, 1.165) is 0 Å². The van der Waals surface area contributed by atoms with Crippen molar-refractivity contribution in [2.75, 3.05) is 11.9 Å². The van der Waals surface area contributed by atoms with E-state index in [0.29, 0.717) is 22.1 Å². The molecule has 0 saturated carbocycles. The van der Waals surface area contributed by atoms with Gasteiger partial charge in [-0.25, -0.2) is 9.97 Å². The van der Waals surface area contributed by atoms with Gasteiger partial charge in [-0.3, -0.25) is 4.79 Å². The molecule has 2 aromatic heterocycles. The number of aromatic nitrogens is 3. The number of halogens is 1. The molecule has 0 aliphatic carbocycles. The maximum absolute atomic E-state index is 12.4. The van der Waals surface area contributed by atoms with Crippen LogP contribution in [0.2, 0.25) is 5.02 Å². The Balaban J connectivity index is 1.97. The van der Waals surface area contributed by atoms with E-state index in [4.69, 9.17) is 11.6 Å². The molecule has 2 heterocycles. The lowest BCUT2D eigenvalue weighted by molar-refractivity contribution is 0.0988. The molecule has 0 N–H and O–H groups in total. The van der Waals surface area contributed by atoms with Crippen LogP contribution in [0.25, 0.3) is 5.65 Å². The molecular formula is C14H11ClN4O. The third kappa shape index (κ3) is 2.12. The fraction of sp³-hybridized carbons (Fsp3) is 0.0714. The van der Waals surface area contributed by atoms with Gasteiger partial charge >= 0.3 is 0 Å². The zero-order chi connectivity index (χ0) is 14.1. The summed E-state index contributed by atoms with van der Waals surface area (Å²) >= 11 is 6.10. The Kier molecular flexibility index (Phi) is 3.12. The lowest BCUT2D eigenvalue weighted by Crippen LogP contribution is -2.27. The van der Waals surface area contributed by atoms with Crippen molar-refractivity contribution in [3.05, 3.63) is 59.8 Å². The molecule has 20 heavy (non-hydrogen) atoms. The quantitative estimate of drug-likeness (QED) is 0.728. The highest BCUT2D eigenvalue weighted by molar-refractivity contribution is 6.34. The fourth-order valence-electron chi connectivity index (χ4n) is 1.94. The molecular weight excluding hydrogens is 276 g/mol. The molecule has 0 aliphatic rings. The van der Waals surface area contributed by atoms with Crippen LogP contribution in [0.3, 0.4) is 0 Å². The molecule has 6 heteroatoms. The Hall–Kier alpha value is -2.40. The van der Waals surface area contributed by atoms with Crippen molar-refractivity contribution in [1.82, 2.24) is 14.4 Å². The Morgan fingerprint density at radius 1 is 1.30 bits per heavy atom. The Morgan fingerprint density at radius 2 is 2.10 bits per heavy atom. The van der Waals surface area contributed by atoms with Crippen LogP contribution in [0.5, 0.6) is 0 Å². The Labute approximate surface area is 120 Å². The van der Waals surface area contributed by atoms with Gasteiger partial charge in [0.05, 0.1) is 16.9 Å². The van der Waals surface area contributed by atoms with E-state index >= 15 is 0 Å². The zero-order valence-electron chi connectivity index (χ0n) is 10.7. The zero-order valence-corrected chi connectivity index (χ0v) is 11.4. The van der Waals surface area contributed by atoms with Crippen molar-refractivity contribution in [1.29, 1.82) is 0 Å². The van der Waals surface area contributed by atoms with E-state index in [1.807, 2.05) is 12.1 Å². The molecule has 0 saturated heterocycles. The maximum atomic E-state index is 12.4. The first-order valence-electron chi connectivity index (χ1n) is 5.98. The first-order valence-corrected chi connectivity index (χ1v) is 6.36. The van der Waals surface area contributed by atoms with Crippen molar-refractivity contribution < 1.29 is 4.79 Å². The molecule has 100 valence electrons. The largest absolute Gasteiger partial charge is 0.309 e. The highest BCUT2D eigenvalue weighted by atomic mass is 35.5. The molecule has 3 aromatic rings. The average molecular weight is 287 g/mol. The number of fused-ring (bicyclic) bond motifs is 1. The first kappa shape index (κ1) is 12.6. The number of carbonyl (C=O) groups excluding carboxylic acids is 1. The first-order chi connectivity index (χ1) is 9.66. The molecule has 0 spiro atoms. The number of rotatable bonds is 2. The van der Waals surface area contributed by atoms with Gasteiger partial charge in [-0.05, 0) is 12.1 Å². The fourth-order valence-corrected chi connectivity index (χ4v) is 2.20. The highest BCUT2D eigenvalue weighted by Gasteiger charge is 2.17. The van der Waals surface area contributed by atoms with Gasteiger partial charge in [0.1, 0.15) is 5.69 Å². The van der Waals surface area contributed by atoms with Crippen LogP contribution < -0.4 is 4.90 Å². The van der Waals surface area contributed by atoms with Crippen molar-refractivity contribution in [3.8, 4) is 0 Å². The molecule has 0 fully saturated rings. The number of benzene rings is 1. The van der Waals surface area contributed by atoms with Gasteiger partial charge < -0.3 is 9.30 Å².